The van der Waals surface area contributed by atoms with Crippen molar-refractivity contribution in [2.24, 2.45) is 0 Å². The van der Waals surface area contributed by atoms with Gasteiger partial charge in [0.1, 0.15) is 5.75 Å². The molecule has 0 aromatic heterocycles. The summed E-state index contributed by atoms with van der Waals surface area (Å²) in [6.07, 6.45) is 3.44. The minimum absolute atomic E-state index is 0.0163. The van der Waals surface area contributed by atoms with Crippen LogP contribution in [0.5, 0.6) is 5.75 Å². The number of hydrogen-bond acceptors (Lipinski definition) is 2. The highest BCUT2D eigenvalue weighted by Crippen LogP contribution is 2.26. The molecule has 0 bridgehead atoms. The van der Waals surface area contributed by atoms with Crippen LogP contribution in [0.1, 0.15) is 28.7 Å². The Balaban J connectivity index is 1.60. The number of halogens is 1. The van der Waals surface area contributed by atoms with E-state index in [0.29, 0.717) is 5.75 Å². The first-order valence-corrected chi connectivity index (χ1v) is 8.22. The van der Waals surface area contributed by atoms with Crippen LogP contribution in [-0.2, 0) is 17.6 Å². The van der Waals surface area contributed by atoms with Gasteiger partial charge in [-0.15, -0.1) is 0 Å². The number of hydrogen-bond donors (Lipinski definition) is 1. The molecule has 2 aromatic rings. The van der Waals surface area contributed by atoms with Crippen molar-refractivity contribution in [2.45, 2.75) is 33.1 Å². The third kappa shape index (κ3) is 3.67. The van der Waals surface area contributed by atoms with Crippen molar-refractivity contribution in [1.29, 1.82) is 0 Å². The standard InChI is InChI=1S/C19H20ClNO2/c1-12-8-17(9-13(2)19(12)20)23-11-18(22)21-16-7-6-14-4-3-5-15(14)10-16/h6-10H,3-5,11H2,1-2H3,(H,21,22). The lowest BCUT2D eigenvalue weighted by molar-refractivity contribution is -0.118. The SMILES string of the molecule is Cc1cc(OCC(=O)Nc2ccc3c(c2)CCC3)cc(C)c1Cl. The van der Waals surface area contributed by atoms with Gasteiger partial charge in [-0.3, -0.25) is 4.79 Å². The molecule has 1 N–H and O–H groups in total. The molecule has 0 aliphatic heterocycles. The number of aryl methyl sites for hydroxylation is 4. The number of benzene rings is 2. The predicted molar refractivity (Wildman–Crippen MR) is 93.5 cm³/mol. The maximum Gasteiger partial charge on any atom is 0.262 e. The van der Waals surface area contributed by atoms with Gasteiger partial charge in [0.25, 0.3) is 5.91 Å². The molecule has 0 saturated heterocycles. The molecule has 0 heterocycles. The van der Waals surface area contributed by atoms with Crippen LogP contribution in [0, 0.1) is 13.8 Å². The Hall–Kier alpha value is -2.00. The van der Waals surface area contributed by atoms with Gasteiger partial charge in [0, 0.05) is 10.7 Å². The van der Waals surface area contributed by atoms with Gasteiger partial charge in [-0.05, 0) is 79.6 Å². The number of carbonyl (C=O) groups is 1. The van der Waals surface area contributed by atoms with Gasteiger partial charge in [-0.2, -0.15) is 0 Å². The van der Waals surface area contributed by atoms with Gasteiger partial charge in [-0.25, -0.2) is 0 Å². The average molecular weight is 330 g/mol. The molecular weight excluding hydrogens is 310 g/mol. The predicted octanol–water partition coefficient (Wildman–Crippen LogP) is 4.46. The minimum Gasteiger partial charge on any atom is -0.484 e. The van der Waals surface area contributed by atoms with Crippen molar-refractivity contribution in [3.05, 3.63) is 57.6 Å². The van der Waals surface area contributed by atoms with Crippen LogP contribution in [-0.4, -0.2) is 12.5 Å². The van der Waals surface area contributed by atoms with Crippen LogP contribution < -0.4 is 10.1 Å². The third-order valence-corrected chi connectivity index (χ3v) is 4.76. The molecule has 2 aromatic carbocycles. The smallest absolute Gasteiger partial charge is 0.262 e. The second-order valence-electron chi connectivity index (χ2n) is 6.04. The van der Waals surface area contributed by atoms with Crippen molar-refractivity contribution >= 4 is 23.2 Å². The van der Waals surface area contributed by atoms with E-state index in [2.05, 4.69) is 17.4 Å². The van der Waals surface area contributed by atoms with E-state index in [1.807, 2.05) is 32.0 Å². The van der Waals surface area contributed by atoms with Crippen LogP contribution in [0.4, 0.5) is 5.69 Å². The van der Waals surface area contributed by atoms with E-state index in [1.54, 1.807) is 0 Å². The number of ether oxygens (including phenoxy) is 1. The highest BCUT2D eigenvalue weighted by molar-refractivity contribution is 6.32. The van der Waals surface area contributed by atoms with Crippen molar-refractivity contribution in [3.8, 4) is 5.75 Å². The van der Waals surface area contributed by atoms with Crippen LogP contribution in [0.25, 0.3) is 0 Å². The molecule has 0 radical (unpaired) electrons. The number of amides is 1. The Morgan fingerprint density at radius 1 is 1.13 bits per heavy atom. The molecule has 0 unspecified atom stereocenters. The third-order valence-electron chi connectivity index (χ3n) is 4.16. The van der Waals surface area contributed by atoms with E-state index < -0.39 is 0 Å². The van der Waals surface area contributed by atoms with E-state index >= 15 is 0 Å². The number of rotatable bonds is 4. The highest BCUT2D eigenvalue weighted by Gasteiger charge is 2.12. The lowest BCUT2D eigenvalue weighted by Crippen LogP contribution is -2.20. The Kier molecular flexibility index (Phi) is 4.58. The first-order chi connectivity index (χ1) is 11.0. The van der Waals surface area contributed by atoms with Gasteiger partial charge in [0.2, 0.25) is 0 Å². The highest BCUT2D eigenvalue weighted by atomic mass is 35.5. The molecule has 0 spiro atoms. The summed E-state index contributed by atoms with van der Waals surface area (Å²) >= 11 is 6.13. The van der Waals surface area contributed by atoms with Crippen LogP contribution in [0.15, 0.2) is 30.3 Å². The van der Waals surface area contributed by atoms with E-state index in [9.17, 15) is 4.79 Å². The van der Waals surface area contributed by atoms with Crippen molar-refractivity contribution in [2.75, 3.05) is 11.9 Å². The Bertz CT molecular complexity index is 732. The molecule has 23 heavy (non-hydrogen) atoms. The molecule has 1 aliphatic carbocycles. The van der Waals surface area contributed by atoms with Crippen molar-refractivity contribution < 1.29 is 9.53 Å². The molecule has 3 rings (SSSR count). The van der Waals surface area contributed by atoms with E-state index in [0.717, 1.165) is 34.7 Å². The zero-order valence-electron chi connectivity index (χ0n) is 13.4. The molecule has 0 saturated carbocycles. The molecular formula is C19H20ClNO2. The molecule has 120 valence electrons. The normalized spacial score (nSPS) is 12.8. The summed E-state index contributed by atoms with van der Waals surface area (Å²) in [5.74, 6) is 0.502. The fourth-order valence-electron chi connectivity index (χ4n) is 2.99. The van der Waals surface area contributed by atoms with Gasteiger partial charge >= 0.3 is 0 Å². The first-order valence-electron chi connectivity index (χ1n) is 7.84. The maximum absolute atomic E-state index is 12.1. The summed E-state index contributed by atoms with van der Waals surface area (Å²) in [5.41, 5.74) is 5.46. The molecule has 0 atom stereocenters. The zero-order chi connectivity index (χ0) is 16.4. The summed E-state index contributed by atoms with van der Waals surface area (Å²) in [6.45, 7) is 3.83. The number of carbonyl (C=O) groups excluding carboxylic acids is 1. The molecule has 0 fully saturated rings. The maximum atomic E-state index is 12.1. The van der Waals surface area contributed by atoms with Gasteiger partial charge < -0.3 is 10.1 Å². The fraction of sp³-hybridized carbons (Fsp3) is 0.316. The fourth-order valence-corrected chi connectivity index (χ4v) is 3.09. The quantitative estimate of drug-likeness (QED) is 0.899. The molecule has 4 heteroatoms. The van der Waals surface area contributed by atoms with Crippen LogP contribution >= 0.6 is 11.6 Å². The Labute approximate surface area is 141 Å². The largest absolute Gasteiger partial charge is 0.484 e. The lowest BCUT2D eigenvalue weighted by Gasteiger charge is -2.11. The summed E-state index contributed by atoms with van der Waals surface area (Å²) in [7, 11) is 0. The van der Waals surface area contributed by atoms with Crippen molar-refractivity contribution in [1.82, 2.24) is 0 Å². The first kappa shape index (κ1) is 15.9. The molecule has 3 nitrogen and oxygen atoms in total. The van der Waals surface area contributed by atoms with E-state index in [-0.39, 0.29) is 12.5 Å². The van der Waals surface area contributed by atoms with Gasteiger partial charge in [-0.1, -0.05) is 17.7 Å². The average Bonchev–Trinajstić information content (AvgIpc) is 2.98. The Morgan fingerprint density at radius 2 is 1.83 bits per heavy atom. The molecule has 1 amide bonds. The molecule has 1 aliphatic rings. The summed E-state index contributed by atoms with van der Waals surface area (Å²) in [6, 6.07) is 9.82. The Morgan fingerprint density at radius 3 is 2.57 bits per heavy atom. The number of fused-ring (bicyclic) bond motifs is 1. The van der Waals surface area contributed by atoms with Crippen molar-refractivity contribution in [3.63, 3.8) is 0 Å². The topological polar surface area (TPSA) is 38.3 Å². The summed E-state index contributed by atoms with van der Waals surface area (Å²) in [4.78, 5) is 12.1. The second-order valence-corrected chi connectivity index (χ2v) is 6.42. The minimum atomic E-state index is -0.159. The van der Waals surface area contributed by atoms with E-state index in [4.69, 9.17) is 16.3 Å². The lowest BCUT2D eigenvalue weighted by atomic mass is 10.1. The summed E-state index contributed by atoms with van der Waals surface area (Å²) in [5, 5.41) is 3.63. The van der Waals surface area contributed by atoms with Gasteiger partial charge in [0.05, 0.1) is 0 Å². The second kappa shape index (κ2) is 6.63. The zero-order valence-corrected chi connectivity index (χ0v) is 14.2. The summed E-state index contributed by atoms with van der Waals surface area (Å²) < 4.78 is 5.58. The van der Waals surface area contributed by atoms with Gasteiger partial charge in [0.15, 0.2) is 6.61 Å². The number of anilines is 1. The van der Waals surface area contributed by atoms with E-state index in [1.165, 1.54) is 17.5 Å². The van der Waals surface area contributed by atoms with Crippen LogP contribution in [0.3, 0.4) is 0 Å². The monoisotopic (exact) mass is 329 g/mol. The van der Waals surface area contributed by atoms with Crippen LogP contribution in [0.2, 0.25) is 5.02 Å². The number of nitrogens with one attached hydrogen (secondary N) is 1.